The summed E-state index contributed by atoms with van der Waals surface area (Å²) in [5.74, 6) is 2.19. The maximum Gasteiger partial charge on any atom is 0.137 e. The minimum absolute atomic E-state index is 0.0252. The second kappa shape index (κ2) is 6.36. The number of hydrogen-bond acceptors (Lipinski definition) is 6. The Kier molecular flexibility index (Phi) is 5.11. The number of aryl methyl sites for hydroxylation is 1. The van der Waals surface area contributed by atoms with E-state index in [1.807, 2.05) is 18.7 Å². The van der Waals surface area contributed by atoms with E-state index in [1.54, 1.807) is 7.05 Å². The lowest BCUT2D eigenvalue weighted by Gasteiger charge is -2.24. The monoisotopic (exact) mass is 240 g/mol. The molecule has 0 amide bonds. The molecule has 0 saturated heterocycles. The number of nitrogens with zero attached hydrogens (tertiary/aromatic N) is 3. The molecule has 0 atom stereocenters. The maximum absolute atomic E-state index is 9.03. The number of anilines is 2. The van der Waals surface area contributed by atoms with Crippen LogP contribution in [-0.4, -0.2) is 53.5 Å². The highest BCUT2D eigenvalue weighted by atomic mass is 16.3. The van der Waals surface area contributed by atoms with E-state index in [2.05, 4.69) is 15.3 Å². The van der Waals surface area contributed by atoms with Gasteiger partial charge in [-0.1, -0.05) is 0 Å². The summed E-state index contributed by atoms with van der Waals surface area (Å²) in [6.45, 7) is 4.68. The van der Waals surface area contributed by atoms with Crippen LogP contribution in [0.15, 0.2) is 0 Å². The molecule has 1 heterocycles. The van der Waals surface area contributed by atoms with E-state index < -0.39 is 0 Å². The third-order valence-corrected chi connectivity index (χ3v) is 2.51. The van der Waals surface area contributed by atoms with Crippen molar-refractivity contribution in [3.05, 3.63) is 11.4 Å². The Morgan fingerprint density at radius 1 is 1.12 bits per heavy atom. The molecule has 0 bridgehead atoms. The van der Waals surface area contributed by atoms with Gasteiger partial charge in [-0.25, -0.2) is 9.97 Å². The first-order valence-corrected chi connectivity index (χ1v) is 5.63. The molecule has 0 unspecified atom stereocenters. The molecule has 0 saturated carbocycles. The maximum atomic E-state index is 9.03. The van der Waals surface area contributed by atoms with Crippen molar-refractivity contribution in [1.82, 2.24) is 9.97 Å². The fraction of sp³-hybridized carbons (Fsp3) is 0.636. The quantitative estimate of drug-likeness (QED) is 0.645. The summed E-state index contributed by atoms with van der Waals surface area (Å²) in [5.41, 5.74) is 0.917. The fourth-order valence-corrected chi connectivity index (χ4v) is 1.73. The standard InChI is InChI=1S/C11H20N4O2/c1-8-10(12-3)13-9(2)14-11(8)15(4-6-16)5-7-17/h16-17H,4-7H2,1-3H3,(H,12,13,14). The summed E-state index contributed by atoms with van der Waals surface area (Å²) in [6, 6.07) is 0. The van der Waals surface area contributed by atoms with Gasteiger partial charge in [0, 0.05) is 25.7 Å². The molecule has 0 aliphatic rings. The smallest absolute Gasteiger partial charge is 0.137 e. The van der Waals surface area contributed by atoms with Crippen LogP contribution >= 0.6 is 0 Å². The second-order valence-electron chi connectivity index (χ2n) is 3.75. The van der Waals surface area contributed by atoms with Gasteiger partial charge in [-0.2, -0.15) is 0 Å². The van der Waals surface area contributed by atoms with Gasteiger partial charge >= 0.3 is 0 Å². The molecular formula is C11H20N4O2. The van der Waals surface area contributed by atoms with E-state index in [9.17, 15) is 0 Å². The van der Waals surface area contributed by atoms with Gasteiger partial charge < -0.3 is 20.4 Å². The lowest BCUT2D eigenvalue weighted by Crippen LogP contribution is -2.31. The number of nitrogens with one attached hydrogen (secondary N) is 1. The molecule has 0 aliphatic carbocycles. The molecule has 0 fully saturated rings. The molecule has 6 nitrogen and oxygen atoms in total. The highest BCUT2D eigenvalue weighted by Gasteiger charge is 2.14. The van der Waals surface area contributed by atoms with Gasteiger partial charge in [-0.3, -0.25) is 0 Å². The van der Waals surface area contributed by atoms with E-state index in [0.29, 0.717) is 18.9 Å². The molecule has 17 heavy (non-hydrogen) atoms. The summed E-state index contributed by atoms with van der Waals surface area (Å²) < 4.78 is 0. The summed E-state index contributed by atoms with van der Waals surface area (Å²) in [4.78, 5) is 10.5. The molecule has 0 aliphatic heterocycles. The Balaban J connectivity index is 3.12. The van der Waals surface area contributed by atoms with Crippen LogP contribution in [0.4, 0.5) is 11.6 Å². The highest BCUT2D eigenvalue weighted by molar-refractivity contribution is 5.58. The first kappa shape index (κ1) is 13.7. The molecule has 1 aromatic heterocycles. The van der Waals surface area contributed by atoms with Gasteiger partial charge in [0.15, 0.2) is 0 Å². The highest BCUT2D eigenvalue weighted by Crippen LogP contribution is 2.22. The van der Waals surface area contributed by atoms with Crippen LogP contribution in [0.1, 0.15) is 11.4 Å². The zero-order chi connectivity index (χ0) is 12.8. The van der Waals surface area contributed by atoms with Crippen LogP contribution < -0.4 is 10.2 Å². The average Bonchev–Trinajstić information content (AvgIpc) is 2.31. The zero-order valence-electron chi connectivity index (χ0n) is 10.6. The van der Waals surface area contributed by atoms with Crippen LogP contribution in [0.3, 0.4) is 0 Å². The van der Waals surface area contributed by atoms with Crippen molar-refractivity contribution < 1.29 is 10.2 Å². The van der Waals surface area contributed by atoms with Crippen molar-refractivity contribution in [3.8, 4) is 0 Å². The molecule has 0 radical (unpaired) electrons. The Bertz CT molecular complexity index is 365. The van der Waals surface area contributed by atoms with Gasteiger partial charge in [0.2, 0.25) is 0 Å². The number of rotatable bonds is 6. The first-order chi connectivity index (χ1) is 8.13. The largest absolute Gasteiger partial charge is 0.395 e. The zero-order valence-corrected chi connectivity index (χ0v) is 10.6. The van der Waals surface area contributed by atoms with E-state index in [-0.39, 0.29) is 13.2 Å². The van der Waals surface area contributed by atoms with Gasteiger partial charge in [0.05, 0.1) is 13.2 Å². The Morgan fingerprint density at radius 3 is 2.18 bits per heavy atom. The van der Waals surface area contributed by atoms with Crippen molar-refractivity contribution >= 4 is 11.6 Å². The van der Waals surface area contributed by atoms with E-state index >= 15 is 0 Å². The van der Waals surface area contributed by atoms with Crippen molar-refractivity contribution in [2.75, 3.05) is 43.6 Å². The predicted molar refractivity (Wildman–Crippen MR) is 67.4 cm³/mol. The Labute approximate surface area is 101 Å². The Morgan fingerprint density at radius 2 is 1.71 bits per heavy atom. The van der Waals surface area contributed by atoms with Crippen LogP contribution in [-0.2, 0) is 0 Å². The first-order valence-electron chi connectivity index (χ1n) is 5.63. The minimum Gasteiger partial charge on any atom is -0.395 e. The summed E-state index contributed by atoms with van der Waals surface area (Å²) in [6.07, 6.45) is 0. The third kappa shape index (κ3) is 3.28. The third-order valence-electron chi connectivity index (χ3n) is 2.51. The SMILES string of the molecule is CNc1nc(C)nc(N(CCO)CCO)c1C. The normalized spacial score (nSPS) is 10.4. The minimum atomic E-state index is 0.0252. The Hall–Kier alpha value is -1.40. The summed E-state index contributed by atoms with van der Waals surface area (Å²) >= 11 is 0. The lowest BCUT2D eigenvalue weighted by molar-refractivity contribution is 0.280. The number of aliphatic hydroxyl groups is 2. The second-order valence-corrected chi connectivity index (χ2v) is 3.75. The molecule has 6 heteroatoms. The van der Waals surface area contributed by atoms with Crippen molar-refractivity contribution in [1.29, 1.82) is 0 Å². The number of aliphatic hydroxyl groups excluding tert-OH is 2. The van der Waals surface area contributed by atoms with Gasteiger partial charge in [0.25, 0.3) is 0 Å². The fourth-order valence-electron chi connectivity index (χ4n) is 1.73. The molecule has 1 rings (SSSR count). The van der Waals surface area contributed by atoms with Crippen LogP contribution in [0.25, 0.3) is 0 Å². The molecule has 96 valence electrons. The molecule has 1 aromatic rings. The van der Waals surface area contributed by atoms with E-state index in [4.69, 9.17) is 10.2 Å². The van der Waals surface area contributed by atoms with Crippen molar-refractivity contribution in [3.63, 3.8) is 0 Å². The van der Waals surface area contributed by atoms with E-state index in [1.165, 1.54) is 0 Å². The molecule has 0 aromatic carbocycles. The lowest BCUT2D eigenvalue weighted by atomic mass is 10.2. The topological polar surface area (TPSA) is 81.5 Å². The van der Waals surface area contributed by atoms with Crippen LogP contribution in [0.2, 0.25) is 0 Å². The predicted octanol–water partition coefficient (Wildman–Crippen LogP) is -0.0739. The average molecular weight is 240 g/mol. The van der Waals surface area contributed by atoms with Crippen molar-refractivity contribution in [2.24, 2.45) is 0 Å². The van der Waals surface area contributed by atoms with E-state index in [0.717, 1.165) is 17.2 Å². The van der Waals surface area contributed by atoms with Gasteiger partial charge in [-0.05, 0) is 13.8 Å². The number of hydrogen-bond donors (Lipinski definition) is 3. The summed E-state index contributed by atoms with van der Waals surface area (Å²) in [5, 5.41) is 21.1. The molecule has 0 spiro atoms. The molecular weight excluding hydrogens is 220 g/mol. The van der Waals surface area contributed by atoms with Crippen LogP contribution in [0.5, 0.6) is 0 Å². The number of aromatic nitrogens is 2. The molecule has 3 N–H and O–H groups in total. The van der Waals surface area contributed by atoms with Gasteiger partial charge in [0.1, 0.15) is 17.5 Å². The van der Waals surface area contributed by atoms with Crippen molar-refractivity contribution in [2.45, 2.75) is 13.8 Å². The van der Waals surface area contributed by atoms with Crippen LogP contribution in [0, 0.1) is 13.8 Å². The van der Waals surface area contributed by atoms with Gasteiger partial charge in [-0.15, -0.1) is 0 Å². The summed E-state index contributed by atoms with van der Waals surface area (Å²) in [7, 11) is 1.81.